The number of para-hydroxylation sites is 1. The number of rotatable bonds is 0. The zero-order chi connectivity index (χ0) is 23.5. The Balaban J connectivity index is 1.56. The summed E-state index contributed by atoms with van der Waals surface area (Å²) in [5.41, 5.74) is 7.56. The van der Waals surface area contributed by atoms with E-state index in [2.05, 4.69) is 70.4 Å². The molecule has 4 nitrogen and oxygen atoms in total. The van der Waals surface area contributed by atoms with Crippen molar-refractivity contribution >= 4 is 16.7 Å². The van der Waals surface area contributed by atoms with Crippen LogP contribution in [0.3, 0.4) is 0 Å². The highest BCUT2D eigenvalue weighted by Gasteiger charge is 2.46. The average Bonchev–Trinajstić information content (AvgIpc) is 2.96. The molecule has 4 heteroatoms. The lowest BCUT2D eigenvalue weighted by atomic mass is 9.78. The number of nitrogens with zero attached hydrogens (tertiary/aromatic N) is 2. The molecule has 2 aliphatic rings. The Morgan fingerprint density at radius 3 is 2.49 bits per heavy atom. The van der Waals surface area contributed by atoms with Crippen molar-refractivity contribution in [1.82, 2.24) is 0 Å². The van der Waals surface area contributed by atoms with Gasteiger partial charge in [0, 0.05) is 35.2 Å². The number of hydrogen-bond acceptors (Lipinski definition) is 2. The number of hydrogen-bond donors (Lipinski definition) is 0. The van der Waals surface area contributed by atoms with Crippen LogP contribution in [-0.2, 0) is 6.42 Å². The highest BCUT2D eigenvalue weighted by Crippen LogP contribution is 2.44. The topological polar surface area (TPSA) is 38.0 Å². The van der Waals surface area contributed by atoms with E-state index in [-0.39, 0.29) is 17.6 Å². The summed E-state index contributed by atoms with van der Waals surface area (Å²) in [5.74, 6) is 0.205. The van der Waals surface area contributed by atoms with E-state index in [1.54, 1.807) is 0 Å². The monoisotopic (exact) mass is 456 g/mol. The predicted molar refractivity (Wildman–Crippen MR) is 136 cm³/mol. The van der Waals surface area contributed by atoms with Crippen LogP contribution < -0.4 is 14.8 Å². The average molecular weight is 457 g/mol. The molecule has 35 heavy (non-hydrogen) atoms. The molecule has 2 unspecified atom stereocenters. The standard InChI is InChI=1S/C31H24N2O2/c1-20-30-25(21-10-2-3-11-22(21)26-13-6-9-19-33(26)30)17-16-24-23-12-4-5-15-28(23)35-31(34)29(24)27-14-7-8-18-32(20)27/h2-15,18-19,25,30H,1,16-17H2/q+2. The fourth-order valence-corrected chi connectivity index (χ4v) is 6.12. The summed E-state index contributed by atoms with van der Waals surface area (Å²) in [7, 11) is 0. The van der Waals surface area contributed by atoms with Gasteiger partial charge in [0.2, 0.25) is 23.1 Å². The molecule has 0 spiro atoms. The molecule has 0 amide bonds. The molecule has 0 aliphatic carbocycles. The number of aryl methyl sites for hydroxylation is 1. The van der Waals surface area contributed by atoms with Crippen LogP contribution in [0.1, 0.15) is 29.5 Å². The van der Waals surface area contributed by atoms with E-state index in [0.29, 0.717) is 11.1 Å². The van der Waals surface area contributed by atoms with Gasteiger partial charge in [-0.05, 0) is 54.8 Å². The van der Waals surface area contributed by atoms with Crippen LogP contribution in [0.25, 0.3) is 39.2 Å². The quantitative estimate of drug-likeness (QED) is 0.229. The van der Waals surface area contributed by atoms with Gasteiger partial charge in [-0.2, -0.15) is 9.13 Å². The second-order valence-corrected chi connectivity index (χ2v) is 9.36. The summed E-state index contributed by atoms with van der Waals surface area (Å²) >= 11 is 0. The molecule has 5 aromatic rings. The summed E-state index contributed by atoms with van der Waals surface area (Å²) in [6, 6.07) is 28.9. The van der Waals surface area contributed by atoms with Crippen molar-refractivity contribution in [2.24, 2.45) is 0 Å². The maximum Gasteiger partial charge on any atom is 0.350 e. The Morgan fingerprint density at radius 2 is 1.57 bits per heavy atom. The van der Waals surface area contributed by atoms with Crippen LogP contribution in [0.2, 0.25) is 0 Å². The van der Waals surface area contributed by atoms with Gasteiger partial charge in [-0.3, -0.25) is 0 Å². The Morgan fingerprint density at radius 1 is 0.829 bits per heavy atom. The molecule has 2 aliphatic heterocycles. The molecule has 0 radical (unpaired) electrons. The van der Waals surface area contributed by atoms with Crippen LogP contribution in [0.15, 0.2) is 113 Å². The second kappa shape index (κ2) is 7.60. The lowest BCUT2D eigenvalue weighted by molar-refractivity contribution is -0.727. The van der Waals surface area contributed by atoms with Crippen molar-refractivity contribution < 1.29 is 13.6 Å². The molecule has 2 atom stereocenters. The molecular weight excluding hydrogens is 432 g/mol. The number of fused-ring (bicyclic) bond motifs is 11. The van der Waals surface area contributed by atoms with Crippen LogP contribution in [-0.4, -0.2) is 0 Å². The number of pyridine rings is 2. The number of allylic oxidation sites excluding steroid dienone is 1. The van der Waals surface area contributed by atoms with Crippen LogP contribution in [0, 0.1) is 0 Å². The third kappa shape index (κ3) is 2.89. The van der Waals surface area contributed by atoms with Gasteiger partial charge in [0.25, 0.3) is 0 Å². The van der Waals surface area contributed by atoms with Crippen molar-refractivity contribution in [3.05, 3.63) is 125 Å². The lowest BCUT2D eigenvalue weighted by Gasteiger charge is -2.29. The Kier molecular flexibility index (Phi) is 4.37. The van der Waals surface area contributed by atoms with Gasteiger partial charge in [0.1, 0.15) is 11.1 Å². The van der Waals surface area contributed by atoms with Crippen molar-refractivity contribution in [2.75, 3.05) is 0 Å². The first-order valence-electron chi connectivity index (χ1n) is 12.1. The van der Waals surface area contributed by atoms with Gasteiger partial charge in [0.05, 0.1) is 5.92 Å². The van der Waals surface area contributed by atoms with Gasteiger partial charge in [0.15, 0.2) is 12.4 Å². The third-order valence-corrected chi connectivity index (χ3v) is 7.60. The molecule has 5 heterocycles. The molecule has 0 saturated carbocycles. The molecule has 0 fully saturated rings. The van der Waals surface area contributed by atoms with Gasteiger partial charge in [-0.25, -0.2) is 4.79 Å². The van der Waals surface area contributed by atoms with Crippen molar-refractivity contribution in [3.63, 3.8) is 0 Å². The highest BCUT2D eigenvalue weighted by molar-refractivity contribution is 5.86. The predicted octanol–water partition coefficient (Wildman–Crippen LogP) is 5.46. The molecule has 3 aromatic heterocycles. The Bertz CT molecular complexity index is 1720. The fraction of sp³-hybridized carbons (Fsp3) is 0.129. The van der Waals surface area contributed by atoms with Gasteiger partial charge in [-0.15, -0.1) is 0 Å². The zero-order valence-electron chi connectivity index (χ0n) is 19.2. The van der Waals surface area contributed by atoms with Crippen molar-refractivity contribution in [1.29, 1.82) is 0 Å². The van der Waals surface area contributed by atoms with Gasteiger partial charge < -0.3 is 4.42 Å². The highest BCUT2D eigenvalue weighted by atomic mass is 16.4. The van der Waals surface area contributed by atoms with Crippen LogP contribution in [0.4, 0.5) is 0 Å². The second-order valence-electron chi connectivity index (χ2n) is 9.36. The molecule has 0 N–H and O–H groups in total. The molecule has 168 valence electrons. The normalized spacial score (nSPS) is 18.2. The van der Waals surface area contributed by atoms with Gasteiger partial charge in [-0.1, -0.05) is 36.4 Å². The first-order chi connectivity index (χ1) is 17.2. The van der Waals surface area contributed by atoms with Crippen molar-refractivity contribution in [3.8, 4) is 22.5 Å². The molecule has 7 rings (SSSR count). The van der Waals surface area contributed by atoms with E-state index in [9.17, 15) is 4.79 Å². The maximum atomic E-state index is 13.4. The summed E-state index contributed by atoms with van der Waals surface area (Å²) in [4.78, 5) is 13.4. The Labute approximate surface area is 203 Å². The molecule has 0 saturated heterocycles. The van der Waals surface area contributed by atoms with Gasteiger partial charge >= 0.3 is 5.63 Å². The van der Waals surface area contributed by atoms with Crippen LogP contribution in [0.5, 0.6) is 0 Å². The van der Waals surface area contributed by atoms with E-state index in [4.69, 9.17) is 4.42 Å². The number of aromatic nitrogens is 2. The SMILES string of the molecule is C=C1C2C(CCc3c(c(=O)oc4ccccc34)-c3cccc[n+]31)c1ccccc1-c1cccc[n+]12. The zero-order valence-corrected chi connectivity index (χ0v) is 19.2. The summed E-state index contributed by atoms with van der Waals surface area (Å²) in [6.07, 6.45) is 5.83. The minimum atomic E-state index is -0.301. The first-order valence-corrected chi connectivity index (χ1v) is 12.1. The van der Waals surface area contributed by atoms with Crippen LogP contribution >= 0.6 is 0 Å². The van der Waals surface area contributed by atoms with Crippen molar-refractivity contribution in [2.45, 2.75) is 24.8 Å². The maximum absolute atomic E-state index is 13.4. The van der Waals surface area contributed by atoms with E-state index < -0.39 is 0 Å². The Hall–Kier alpha value is -4.31. The first kappa shape index (κ1) is 20.1. The molecule has 0 bridgehead atoms. The van der Waals surface area contributed by atoms with E-state index in [0.717, 1.165) is 35.2 Å². The minimum Gasteiger partial charge on any atom is -0.422 e. The number of benzene rings is 2. The summed E-state index contributed by atoms with van der Waals surface area (Å²) in [5, 5.41) is 0.999. The van der Waals surface area contributed by atoms with E-state index >= 15 is 0 Å². The largest absolute Gasteiger partial charge is 0.422 e. The van der Waals surface area contributed by atoms with E-state index in [1.165, 1.54) is 16.8 Å². The lowest BCUT2D eigenvalue weighted by Crippen LogP contribution is -2.53. The minimum absolute atomic E-state index is 0.0138. The molecule has 2 aromatic carbocycles. The fourth-order valence-electron chi connectivity index (χ4n) is 6.12. The van der Waals surface area contributed by atoms with E-state index in [1.807, 2.05) is 42.6 Å². The summed E-state index contributed by atoms with van der Waals surface area (Å²) in [6.45, 7) is 4.63. The smallest absolute Gasteiger partial charge is 0.350 e. The third-order valence-electron chi connectivity index (χ3n) is 7.60. The molecular formula is C31H24N2O2+2. The summed E-state index contributed by atoms with van der Waals surface area (Å²) < 4.78 is 10.3.